The van der Waals surface area contributed by atoms with Crippen molar-refractivity contribution < 1.29 is 28.0 Å². The summed E-state index contributed by atoms with van der Waals surface area (Å²) >= 11 is 0. The van der Waals surface area contributed by atoms with Gasteiger partial charge in [0.05, 0.1) is 11.2 Å². The Balaban J connectivity index is 1.34. The molecule has 0 unspecified atom stereocenters. The van der Waals surface area contributed by atoms with E-state index in [9.17, 15) is 14.0 Å². The Morgan fingerprint density at radius 3 is 2.13 bits per heavy atom. The first-order chi connectivity index (χ1) is 18.6. The molecule has 1 aliphatic carbocycles. The maximum absolute atomic E-state index is 14.7. The number of benzene rings is 3. The van der Waals surface area contributed by atoms with E-state index in [0.29, 0.717) is 11.8 Å². The van der Waals surface area contributed by atoms with Crippen LogP contribution in [-0.2, 0) is 14.0 Å². The van der Waals surface area contributed by atoms with Gasteiger partial charge < -0.3 is 19.4 Å². The number of amides is 1. The second kappa shape index (κ2) is 10.4. The summed E-state index contributed by atoms with van der Waals surface area (Å²) in [5.41, 5.74) is 3.96. The van der Waals surface area contributed by atoms with Crippen molar-refractivity contribution in [2.75, 3.05) is 13.2 Å². The van der Waals surface area contributed by atoms with Crippen molar-refractivity contribution in [2.24, 2.45) is 0 Å². The van der Waals surface area contributed by atoms with Crippen LogP contribution < -0.4 is 5.32 Å². The summed E-state index contributed by atoms with van der Waals surface area (Å²) in [7, 11) is -0.858. The summed E-state index contributed by atoms with van der Waals surface area (Å²) in [4.78, 5) is 24.5. The van der Waals surface area contributed by atoms with E-state index in [4.69, 9.17) is 14.0 Å². The fourth-order valence-electron chi connectivity index (χ4n) is 5.01. The number of aldehydes is 1. The largest absolute Gasteiger partial charge is 0.492 e. The maximum atomic E-state index is 14.7. The first kappa shape index (κ1) is 26.8. The zero-order valence-electron chi connectivity index (χ0n) is 22.5. The highest BCUT2D eigenvalue weighted by molar-refractivity contribution is 6.56. The summed E-state index contributed by atoms with van der Waals surface area (Å²) in [6, 6.07) is 20.5. The topological polar surface area (TPSA) is 73.9 Å². The minimum Gasteiger partial charge on any atom is -0.449 e. The van der Waals surface area contributed by atoms with Gasteiger partial charge in [0.2, 0.25) is 0 Å². The number of rotatable bonds is 7. The fraction of sp³-hybridized carbons (Fsp3) is 0.290. The molecule has 1 fully saturated rings. The molecule has 3 aromatic carbocycles. The van der Waals surface area contributed by atoms with Crippen LogP contribution in [0.15, 0.2) is 72.2 Å². The highest BCUT2D eigenvalue weighted by atomic mass is 19.1. The maximum Gasteiger partial charge on any atom is 0.492 e. The number of fused-ring (bicyclic) bond motifs is 3. The van der Waals surface area contributed by atoms with Crippen LogP contribution in [0.25, 0.3) is 17.2 Å². The van der Waals surface area contributed by atoms with E-state index in [-0.39, 0.29) is 30.2 Å². The molecule has 5 rings (SSSR count). The Morgan fingerprint density at radius 2 is 1.54 bits per heavy atom. The van der Waals surface area contributed by atoms with Gasteiger partial charge >= 0.3 is 13.2 Å². The molecule has 39 heavy (non-hydrogen) atoms. The number of carbonyl (C=O) groups is 2. The van der Waals surface area contributed by atoms with Crippen LogP contribution in [0.1, 0.15) is 60.7 Å². The highest BCUT2D eigenvalue weighted by Gasteiger charge is 2.52. The monoisotopic (exact) mass is 527 g/mol. The molecule has 1 N–H and O–H groups in total. The average Bonchev–Trinajstić information content (AvgIpc) is 3.34. The predicted molar refractivity (Wildman–Crippen MR) is 149 cm³/mol. The molecular formula is C31H31BFNO5. The van der Waals surface area contributed by atoms with Crippen LogP contribution >= 0.6 is 0 Å². The number of hydrogen-bond acceptors (Lipinski definition) is 5. The predicted octanol–water partition coefficient (Wildman–Crippen LogP) is 6.19. The van der Waals surface area contributed by atoms with Crippen LogP contribution in [0.3, 0.4) is 0 Å². The zero-order valence-corrected chi connectivity index (χ0v) is 22.5. The Kier molecular flexibility index (Phi) is 7.18. The number of carbonyl (C=O) groups excluding carboxylic acids is 2. The minimum absolute atomic E-state index is 0.0276. The van der Waals surface area contributed by atoms with Crippen molar-refractivity contribution >= 4 is 25.6 Å². The lowest BCUT2D eigenvalue weighted by molar-refractivity contribution is 0.00578. The molecule has 0 bridgehead atoms. The SMILES string of the molecule is CC1(C)OB(C(=Cc2c(F)cccc2C=O)CNC(=O)OCC2c3ccccc3-c3ccccc32)OC1(C)C. The van der Waals surface area contributed by atoms with Gasteiger partial charge in [0, 0.05) is 23.6 Å². The van der Waals surface area contributed by atoms with Gasteiger partial charge in [-0.1, -0.05) is 66.7 Å². The molecule has 2 aliphatic rings. The third-order valence-corrected chi connectivity index (χ3v) is 7.88. The van der Waals surface area contributed by atoms with Crippen molar-refractivity contribution in [1.29, 1.82) is 0 Å². The summed E-state index contributed by atoms with van der Waals surface area (Å²) < 4.78 is 32.7. The summed E-state index contributed by atoms with van der Waals surface area (Å²) in [5.74, 6) is -0.635. The number of halogens is 1. The van der Waals surface area contributed by atoms with E-state index in [1.165, 1.54) is 24.3 Å². The van der Waals surface area contributed by atoms with Gasteiger partial charge in [-0.25, -0.2) is 9.18 Å². The number of hydrogen-bond donors (Lipinski definition) is 1. The molecule has 1 heterocycles. The zero-order chi connectivity index (χ0) is 27.8. The Labute approximate surface area is 228 Å². The summed E-state index contributed by atoms with van der Waals surface area (Å²) in [6.07, 6.45) is 1.48. The fourth-order valence-corrected chi connectivity index (χ4v) is 5.01. The molecule has 0 radical (unpaired) electrons. The van der Waals surface area contributed by atoms with Gasteiger partial charge in [0.1, 0.15) is 12.4 Å². The molecule has 1 saturated heterocycles. The van der Waals surface area contributed by atoms with Gasteiger partial charge in [-0.2, -0.15) is 0 Å². The van der Waals surface area contributed by atoms with E-state index >= 15 is 0 Å². The first-order valence-electron chi connectivity index (χ1n) is 13.0. The molecule has 8 heteroatoms. The molecule has 1 amide bonds. The van der Waals surface area contributed by atoms with Gasteiger partial charge in [-0.3, -0.25) is 4.79 Å². The standard InChI is InChI=1S/C31H31BFNO5/c1-30(2)31(3,4)39-32(38-30)21(16-26-20(18-35)10-9-15-28(26)33)17-34-29(36)37-19-27-24-13-7-5-11-22(24)23-12-6-8-14-25(23)27/h5-16,18,27H,17,19H2,1-4H3,(H,34,36). The Morgan fingerprint density at radius 1 is 0.949 bits per heavy atom. The third-order valence-electron chi connectivity index (χ3n) is 7.88. The normalized spacial score (nSPS) is 17.5. The molecule has 6 nitrogen and oxygen atoms in total. The summed E-state index contributed by atoms with van der Waals surface area (Å²) in [6.45, 7) is 7.76. The van der Waals surface area contributed by atoms with Crippen molar-refractivity contribution in [1.82, 2.24) is 5.32 Å². The van der Waals surface area contributed by atoms with Crippen molar-refractivity contribution in [3.8, 4) is 11.1 Å². The van der Waals surface area contributed by atoms with E-state index < -0.39 is 30.2 Å². The smallest absolute Gasteiger partial charge is 0.449 e. The molecule has 0 aromatic heterocycles. The second-order valence-corrected chi connectivity index (χ2v) is 10.8. The van der Waals surface area contributed by atoms with Crippen molar-refractivity contribution in [2.45, 2.75) is 44.8 Å². The minimum atomic E-state index is -0.858. The van der Waals surface area contributed by atoms with E-state index in [2.05, 4.69) is 29.6 Å². The highest BCUT2D eigenvalue weighted by Crippen LogP contribution is 2.44. The van der Waals surface area contributed by atoms with Crippen LogP contribution in [0.2, 0.25) is 0 Å². The van der Waals surface area contributed by atoms with Crippen molar-refractivity contribution in [3.05, 3.63) is 100 Å². The van der Waals surface area contributed by atoms with Gasteiger partial charge in [0.25, 0.3) is 0 Å². The Hall–Kier alpha value is -3.75. The molecule has 1 aliphatic heterocycles. The van der Waals surface area contributed by atoms with Crippen LogP contribution in [0, 0.1) is 5.82 Å². The van der Waals surface area contributed by atoms with Crippen molar-refractivity contribution in [3.63, 3.8) is 0 Å². The molecule has 0 atom stereocenters. The van der Waals surface area contributed by atoms with Gasteiger partial charge in [0.15, 0.2) is 6.29 Å². The Bertz CT molecular complexity index is 1390. The lowest BCUT2D eigenvalue weighted by Gasteiger charge is -2.32. The van der Waals surface area contributed by atoms with Crippen LogP contribution in [0.4, 0.5) is 9.18 Å². The lowest BCUT2D eigenvalue weighted by atomic mass is 9.76. The number of ether oxygens (including phenoxy) is 1. The molecule has 3 aromatic rings. The first-order valence-corrected chi connectivity index (χ1v) is 13.0. The average molecular weight is 527 g/mol. The lowest BCUT2D eigenvalue weighted by Crippen LogP contribution is -2.41. The van der Waals surface area contributed by atoms with Crippen LogP contribution in [-0.4, -0.2) is 43.9 Å². The van der Waals surface area contributed by atoms with Gasteiger partial charge in [-0.15, -0.1) is 0 Å². The molecule has 0 saturated carbocycles. The van der Waals surface area contributed by atoms with Crippen LogP contribution in [0.5, 0.6) is 0 Å². The molecule has 0 spiro atoms. The second-order valence-electron chi connectivity index (χ2n) is 10.8. The van der Waals surface area contributed by atoms with E-state index in [1.807, 2.05) is 52.0 Å². The summed E-state index contributed by atoms with van der Waals surface area (Å²) in [5, 5.41) is 2.76. The molecular weight excluding hydrogens is 496 g/mol. The van der Waals surface area contributed by atoms with E-state index in [0.717, 1.165) is 22.3 Å². The van der Waals surface area contributed by atoms with Gasteiger partial charge in [-0.05, 0) is 61.5 Å². The molecule has 200 valence electrons. The quantitative estimate of drug-likeness (QED) is 0.293. The third kappa shape index (κ3) is 5.14. The van der Waals surface area contributed by atoms with E-state index in [1.54, 1.807) is 0 Å². The number of nitrogens with one attached hydrogen (secondary N) is 1. The number of alkyl carbamates (subject to hydrolysis) is 1.